The summed E-state index contributed by atoms with van der Waals surface area (Å²) in [6.07, 6.45) is 2.92. The van der Waals surface area contributed by atoms with E-state index in [1.165, 1.54) is 12.4 Å². The van der Waals surface area contributed by atoms with Crippen LogP contribution in [-0.2, 0) is 0 Å². The minimum absolute atomic E-state index is 0.215. The summed E-state index contributed by atoms with van der Waals surface area (Å²) in [7, 11) is 0. The van der Waals surface area contributed by atoms with Gasteiger partial charge in [-0.3, -0.25) is 4.79 Å². The van der Waals surface area contributed by atoms with E-state index in [-0.39, 0.29) is 5.56 Å². The Morgan fingerprint density at radius 3 is 2.39 bits per heavy atom. The number of nitrogens with one attached hydrogen (secondary N) is 1. The third-order valence-electron chi connectivity index (χ3n) is 2.84. The fourth-order valence-corrected chi connectivity index (χ4v) is 1.93. The summed E-state index contributed by atoms with van der Waals surface area (Å²) in [4.78, 5) is 14.7. The van der Waals surface area contributed by atoms with Gasteiger partial charge in [-0.15, -0.1) is 0 Å². The molecule has 0 aliphatic rings. The number of H-pyrrole nitrogens is 1. The van der Waals surface area contributed by atoms with Crippen molar-refractivity contribution in [3.8, 4) is 11.3 Å². The van der Waals surface area contributed by atoms with Crippen molar-refractivity contribution in [3.63, 3.8) is 0 Å². The highest BCUT2D eigenvalue weighted by atomic mass is 16.1. The molecule has 5 heteroatoms. The number of nitrogen functional groups attached to an aromatic ring is 1. The predicted octanol–water partition coefficient (Wildman–Crippen LogP) is 1.57. The van der Waals surface area contributed by atoms with E-state index in [4.69, 9.17) is 5.73 Å². The number of fused-ring (bicyclic) bond motifs is 1. The topological polar surface area (TPSA) is 84.7 Å². The minimum Gasteiger partial charge on any atom is -0.396 e. The first-order valence-corrected chi connectivity index (χ1v) is 5.45. The predicted molar refractivity (Wildman–Crippen MR) is 70.0 cm³/mol. The number of aromatic nitrogens is 3. The van der Waals surface area contributed by atoms with Crippen molar-refractivity contribution in [2.45, 2.75) is 0 Å². The van der Waals surface area contributed by atoms with Crippen molar-refractivity contribution in [1.82, 2.24) is 15.2 Å². The number of nitrogens with zero attached hydrogens (tertiary/aromatic N) is 2. The molecule has 5 nitrogen and oxygen atoms in total. The van der Waals surface area contributed by atoms with E-state index < -0.39 is 0 Å². The molecule has 0 radical (unpaired) electrons. The van der Waals surface area contributed by atoms with Crippen LogP contribution in [0.25, 0.3) is 22.0 Å². The molecule has 0 spiro atoms. The Kier molecular flexibility index (Phi) is 2.30. The Balaban J connectivity index is 2.39. The molecule has 0 unspecified atom stereocenters. The first-order valence-electron chi connectivity index (χ1n) is 5.45. The first kappa shape index (κ1) is 10.5. The molecule has 0 aliphatic carbocycles. The van der Waals surface area contributed by atoms with Crippen LogP contribution in [0.1, 0.15) is 0 Å². The van der Waals surface area contributed by atoms with E-state index in [0.717, 1.165) is 5.56 Å². The summed E-state index contributed by atoms with van der Waals surface area (Å²) in [6, 6.07) is 9.47. The second kappa shape index (κ2) is 3.96. The summed E-state index contributed by atoms with van der Waals surface area (Å²) in [5, 5.41) is 8.52. The van der Waals surface area contributed by atoms with E-state index in [1.807, 2.05) is 30.3 Å². The maximum atomic E-state index is 11.9. The zero-order valence-electron chi connectivity index (χ0n) is 9.42. The third kappa shape index (κ3) is 1.53. The number of rotatable bonds is 1. The van der Waals surface area contributed by atoms with Crippen molar-refractivity contribution >= 4 is 16.5 Å². The van der Waals surface area contributed by atoms with Gasteiger partial charge >= 0.3 is 0 Å². The van der Waals surface area contributed by atoms with E-state index in [2.05, 4.69) is 15.2 Å². The second-order valence-electron chi connectivity index (χ2n) is 3.93. The van der Waals surface area contributed by atoms with Gasteiger partial charge in [0.15, 0.2) is 0 Å². The fourth-order valence-electron chi connectivity index (χ4n) is 1.93. The number of hydrogen-bond donors (Lipinski definition) is 2. The van der Waals surface area contributed by atoms with Gasteiger partial charge in [-0.25, -0.2) is 0 Å². The van der Waals surface area contributed by atoms with Crippen LogP contribution in [-0.4, -0.2) is 15.2 Å². The van der Waals surface area contributed by atoms with Gasteiger partial charge in [-0.1, -0.05) is 30.3 Å². The molecule has 0 atom stereocenters. The maximum absolute atomic E-state index is 11.9. The Labute approximate surface area is 102 Å². The Morgan fingerprint density at radius 2 is 1.67 bits per heavy atom. The lowest BCUT2D eigenvalue weighted by molar-refractivity contribution is 1.05. The maximum Gasteiger partial charge on any atom is 0.258 e. The first-order chi connectivity index (χ1) is 8.77. The van der Waals surface area contributed by atoms with Crippen LogP contribution in [0.4, 0.5) is 5.69 Å². The molecule has 2 aromatic heterocycles. The van der Waals surface area contributed by atoms with Gasteiger partial charge in [0.05, 0.1) is 29.2 Å². The molecule has 88 valence electrons. The van der Waals surface area contributed by atoms with Crippen LogP contribution in [0.15, 0.2) is 47.5 Å². The van der Waals surface area contributed by atoms with E-state index in [1.54, 1.807) is 0 Å². The van der Waals surface area contributed by atoms with Gasteiger partial charge in [0, 0.05) is 10.9 Å². The summed E-state index contributed by atoms with van der Waals surface area (Å²) in [6.45, 7) is 0. The summed E-state index contributed by atoms with van der Waals surface area (Å²) < 4.78 is 0. The van der Waals surface area contributed by atoms with Crippen molar-refractivity contribution in [3.05, 3.63) is 53.1 Å². The Bertz CT molecular complexity index is 765. The molecule has 1 aromatic carbocycles. The zero-order valence-corrected chi connectivity index (χ0v) is 9.42. The molecule has 0 saturated heterocycles. The number of aromatic amines is 1. The van der Waals surface area contributed by atoms with Gasteiger partial charge in [0.25, 0.3) is 5.56 Å². The smallest absolute Gasteiger partial charge is 0.258 e. The lowest BCUT2D eigenvalue weighted by Crippen LogP contribution is -2.11. The van der Waals surface area contributed by atoms with E-state index in [9.17, 15) is 4.79 Å². The lowest BCUT2D eigenvalue weighted by atomic mass is 10.1. The van der Waals surface area contributed by atoms with Gasteiger partial charge in [-0.2, -0.15) is 10.2 Å². The van der Waals surface area contributed by atoms with Gasteiger partial charge in [0.1, 0.15) is 0 Å². The van der Waals surface area contributed by atoms with E-state index in [0.29, 0.717) is 22.2 Å². The summed E-state index contributed by atoms with van der Waals surface area (Å²) in [5.74, 6) is 0. The highest BCUT2D eigenvalue weighted by molar-refractivity contribution is 5.97. The van der Waals surface area contributed by atoms with Crippen LogP contribution < -0.4 is 11.3 Å². The number of hydrogen-bond acceptors (Lipinski definition) is 4. The highest BCUT2D eigenvalue weighted by Gasteiger charge is 2.10. The zero-order chi connectivity index (χ0) is 12.5. The van der Waals surface area contributed by atoms with Crippen LogP contribution in [0, 0.1) is 0 Å². The van der Waals surface area contributed by atoms with Gasteiger partial charge in [0.2, 0.25) is 0 Å². The average Bonchev–Trinajstić information content (AvgIpc) is 2.44. The van der Waals surface area contributed by atoms with Crippen molar-refractivity contribution in [2.75, 3.05) is 5.73 Å². The summed E-state index contributed by atoms with van der Waals surface area (Å²) in [5.41, 5.74) is 7.85. The minimum atomic E-state index is -0.215. The number of pyridine rings is 1. The molecular weight excluding hydrogens is 228 g/mol. The fraction of sp³-hybridized carbons (Fsp3) is 0. The van der Waals surface area contributed by atoms with Crippen LogP contribution in [0.2, 0.25) is 0 Å². The average molecular weight is 238 g/mol. The van der Waals surface area contributed by atoms with Crippen molar-refractivity contribution in [1.29, 1.82) is 0 Å². The largest absolute Gasteiger partial charge is 0.396 e. The quantitative estimate of drug-likeness (QED) is 0.673. The summed E-state index contributed by atoms with van der Waals surface area (Å²) >= 11 is 0. The molecule has 18 heavy (non-hydrogen) atoms. The molecule has 3 N–H and O–H groups in total. The second-order valence-corrected chi connectivity index (χ2v) is 3.93. The monoisotopic (exact) mass is 238 g/mol. The standard InChI is InChI=1S/C13H10N4O/c14-11-9-6-15-16-7-10(9)13(18)17-12(11)8-4-2-1-3-5-8/h1-7H,14H2,(H,17,18). The van der Waals surface area contributed by atoms with Crippen LogP contribution in [0.5, 0.6) is 0 Å². The number of nitrogens with two attached hydrogens (primary N) is 1. The molecule has 0 saturated carbocycles. The molecule has 0 aliphatic heterocycles. The van der Waals surface area contributed by atoms with E-state index >= 15 is 0 Å². The highest BCUT2D eigenvalue weighted by Crippen LogP contribution is 2.27. The van der Waals surface area contributed by atoms with Crippen molar-refractivity contribution < 1.29 is 0 Å². The Hall–Kier alpha value is -2.69. The molecule has 3 rings (SSSR count). The van der Waals surface area contributed by atoms with Crippen molar-refractivity contribution in [2.24, 2.45) is 0 Å². The van der Waals surface area contributed by atoms with Gasteiger partial charge < -0.3 is 10.7 Å². The molecule has 0 fully saturated rings. The number of benzene rings is 1. The molecule has 2 heterocycles. The molecule has 3 aromatic rings. The molecular formula is C13H10N4O. The van der Waals surface area contributed by atoms with Gasteiger partial charge in [-0.05, 0) is 0 Å². The number of anilines is 1. The molecule has 0 amide bonds. The third-order valence-corrected chi connectivity index (χ3v) is 2.84. The SMILES string of the molecule is Nc1c(-c2ccccc2)[nH]c(=O)c2cnncc12. The molecule has 0 bridgehead atoms. The normalized spacial score (nSPS) is 10.7. The van der Waals surface area contributed by atoms with Crippen LogP contribution in [0.3, 0.4) is 0 Å². The van der Waals surface area contributed by atoms with Crippen LogP contribution >= 0.6 is 0 Å². The Morgan fingerprint density at radius 1 is 1.00 bits per heavy atom. The lowest BCUT2D eigenvalue weighted by Gasteiger charge is -2.08.